The molecule has 0 bridgehead atoms. The maximum Gasteiger partial charge on any atom is 0.328 e. The van der Waals surface area contributed by atoms with Crippen molar-refractivity contribution in [3.05, 3.63) is 162 Å². The summed E-state index contributed by atoms with van der Waals surface area (Å²) in [7, 11) is 1.31. The van der Waals surface area contributed by atoms with Gasteiger partial charge in [0.25, 0.3) is 0 Å². The van der Waals surface area contributed by atoms with Gasteiger partial charge in [-0.2, -0.15) is 0 Å². The van der Waals surface area contributed by atoms with Crippen molar-refractivity contribution >= 4 is 23.0 Å². The third-order valence-corrected chi connectivity index (χ3v) is 10.1. The molecule has 276 valence electrons. The van der Waals surface area contributed by atoms with Crippen LogP contribution in [-0.4, -0.2) is 45.9 Å². The van der Waals surface area contributed by atoms with E-state index < -0.39 is 24.3 Å². The number of carbonyl (C=O) groups excluding carboxylic acids is 2. The molecule has 10 heteroatoms. The van der Waals surface area contributed by atoms with Gasteiger partial charge >= 0.3 is 12.0 Å². The van der Waals surface area contributed by atoms with E-state index in [0.29, 0.717) is 13.0 Å². The van der Waals surface area contributed by atoms with Crippen LogP contribution in [0.2, 0.25) is 0 Å². The molecule has 3 N–H and O–H groups in total. The van der Waals surface area contributed by atoms with Gasteiger partial charge in [-0.15, -0.1) is 0 Å². The first-order valence-corrected chi connectivity index (χ1v) is 18.1. The highest BCUT2D eigenvalue weighted by Gasteiger charge is 2.38. The molecule has 10 nitrogen and oxygen atoms in total. The van der Waals surface area contributed by atoms with E-state index in [1.54, 1.807) is 0 Å². The van der Waals surface area contributed by atoms with Crippen LogP contribution in [0.4, 0.5) is 4.79 Å². The summed E-state index contributed by atoms with van der Waals surface area (Å²) in [5, 5.41) is 15.3. The summed E-state index contributed by atoms with van der Waals surface area (Å²) in [6.07, 6.45) is 1.11. The number of nitrogens with zero attached hydrogens (tertiary/aromatic N) is 2. The van der Waals surface area contributed by atoms with E-state index in [4.69, 9.17) is 14.2 Å². The number of imidazole rings is 1. The summed E-state index contributed by atoms with van der Waals surface area (Å²) in [4.78, 5) is 30.1. The molecule has 5 atom stereocenters. The van der Waals surface area contributed by atoms with Crippen LogP contribution >= 0.6 is 0 Å². The number of carbonyl (C=O) groups is 2. The number of para-hydroxylation sites is 2. The van der Waals surface area contributed by atoms with Gasteiger partial charge in [0.15, 0.2) is 6.29 Å². The Hall–Kier alpha value is -5.81. The third-order valence-electron chi connectivity index (χ3n) is 10.1. The molecule has 6 aromatic rings. The number of nitrogens with one attached hydrogen (secondary N) is 2. The fraction of sp³-hybridized carbons (Fsp3) is 0.250. The van der Waals surface area contributed by atoms with E-state index in [1.807, 2.05) is 128 Å². The summed E-state index contributed by atoms with van der Waals surface area (Å²) >= 11 is 0. The van der Waals surface area contributed by atoms with Gasteiger partial charge in [0, 0.05) is 24.4 Å². The molecule has 0 spiro atoms. The Bertz CT molecular complexity index is 2170. The highest BCUT2D eigenvalue weighted by molar-refractivity contribution is 5.84. The van der Waals surface area contributed by atoms with Crippen LogP contribution in [0.1, 0.15) is 47.1 Å². The molecule has 1 fully saturated rings. The molecule has 2 amide bonds. The number of rotatable bonds is 12. The number of hydrogen-bond donors (Lipinski definition) is 3. The number of ether oxygens (including phenoxy) is 3. The quantitative estimate of drug-likeness (QED) is 0.114. The second-order valence-electron chi connectivity index (χ2n) is 13.6. The van der Waals surface area contributed by atoms with E-state index >= 15 is 0 Å². The van der Waals surface area contributed by atoms with E-state index in [2.05, 4.69) is 33.2 Å². The zero-order valence-electron chi connectivity index (χ0n) is 30.3. The van der Waals surface area contributed by atoms with Crippen molar-refractivity contribution in [2.45, 2.75) is 57.6 Å². The van der Waals surface area contributed by atoms with Crippen LogP contribution in [-0.2, 0) is 45.1 Å². The van der Waals surface area contributed by atoms with Gasteiger partial charge < -0.3 is 34.5 Å². The predicted molar refractivity (Wildman–Crippen MR) is 206 cm³/mol. The molecule has 54 heavy (non-hydrogen) atoms. The Morgan fingerprint density at radius 3 is 2.30 bits per heavy atom. The Morgan fingerprint density at radius 1 is 0.833 bits per heavy atom. The molecule has 5 aromatic carbocycles. The number of esters is 1. The molecule has 0 saturated carbocycles. The van der Waals surface area contributed by atoms with Crippen LogP contribution in [0.5, 0.6) is 0 Å². The average Bonchev–Trinajstić information content (AvgIpc) is 3.63. The van der Waals surface area contributed by atoms with Gasteiger partial charge in [-0.1, -0.05) is 122 Å². The predicted octanol–water partition coefficient (Wildman–Crippen LogP) is 7.27. The molecule has 7 rings (SSSR count). The van der Waals surface area contributed by atoms with E-state index in [1.165, 1.54) is 7.11 Å². The van der Waals surface area contributed by atoms with Crippen molar-refractivity contribution in [3.8, 4) is 11.1 Å². The first-order valence-electron chi connectivity index (χ1n) is 18.1. The first-order chi connectivity index (χ1) is 26.4. The lowest BCUT2D eigenvalue weighted by Gasteiger charge is -2.41. The summed E-state index contributed by atoms with van der Waals surface area (Å²) < 4.78 is 20.5. The Kier molecular flexibility index (Phi) is 11.4. The van der Waals surface area contributed by atoms with Crippen molar-refractivity contribution in [2.24, 2.45) is 5.92 Å². The molecule has 1 aliphatic heterocycles. The molecule has 1 aliphatic rings. The maximum absolute atomic E-state index is 13.0. The summed E-state index contributed by atoms with van der Waals surface area (Å²) in [6.45, 7) is 2.98. The second kappa shape index (κ2) is 16.9. The van der Waals surface area contributed by atoms with Crippen LogP contribution in [0.15, 0.2) is 134 Å². The maximum atomic E-state index is 13.0. The Morgan fingerprint density at radius 2 is 1.54 bits per heavy atom. The summed E-state index contributed by atoms with van der Waals surface area (Å²) in [5.41, 5.74) is 8.48. The Balaban J connectivity index is 1.07. The third kappa shape index (κ3) is 8.36. The van der Waals surface area contributed by atoms with E-state index in [9.17, 15) is 14.7 Å². The summed E-state index contributed by atoms with van der Waals surface area (Å²) in [6, 6.07) is 40.2. The van der Waals surface area contributed by atoms with Crippen molar-refractivity contribution in [1.82, 2.24) is 20.2 Å². The molecular weight excluding hydrogens is 681 g/mol. The molecule has 1 aromatic heterocycles. The molecular formula is C44H44N4O6. The topological polar surface area (TPSA) is 124 Å². The number of aliphatic hydroxyl groups excluding tert-OH is 1. The minimum absolute atomic E-state index is 0.0134. The minimum Gasteiger partial charge on any atom is -0.467 e. The minimum atomic E-state index is -0.828. The van der Waals surface area contributed by atoms with Crippen LogP contribution in [0.25, 0.3) is 22.2 Å². The summed E-state index contributed by atoms with van der Waals surface area (Å²) in [5.74, 6) is -0.498. The molecule has 0 radical (unpaired) electrons. The lowest BCUT2D eigenvalue weighted by molar-refractivity contribution is -0.276. The standard InChI is InChI=1S/C44H44N4O6/c1-29-40(26-48-28-46-37-14-8-9-15-39(37)48)53-43(54-41(29)33-18-16-31(27-49)17-19-33)34-22-20-32(21-23-34)36-13-7-6-12-35(36)25-45-44(51)47-38(42(50)52-2)24-30-10-4-3-5-11-30/h3-23,28-29,38,40-41,43,49H,24-27H2,1-2H3,(H2,45,47,51)/t29-,38+,40+,41+,43+/m1/s1. The number of benzene rings is 5. The van der Waals surface area contributed by atoms with Crippen molar-refractivity contribution in [2.75, 3.05) is 7.11 Å². The van der Waals surface area contributed by atoms with Crippen molar-refractivity contribution in [1.29, 1.82) is 0 Å². The number of methoxy groups -OCH3 is 1. The van der Waals surface area contributed by atoms with Gasteiger partial charge in [-0.05, 0) is 45.5 Å². The number of aliphatic hydroxyl groups is 1. The largest absolute Gasteiger partial charge is 0.467 e. The lowest BCUT2D eigenvalue weighted by atomic mass is 9.90. The lowest BCUT2D eigenvalue weighted by Crippen LogP contribution is -2.47. The zero-order valence-corrected chi connectivity index (χ0v) is 30.3. The monoisotopic (exact) mass is 724 g/mol. The molecule has 2 heterocycles. The molecule has 1 saturated heterocycles. The zero-order chi connectivity index (χ0) is 37.4. The van der Waals surface area contributed by atoms with Gasteiger partial charge in [-0.25, -0.2) is 14.6 Å². The van der Waals surface area contributed by atoms with Crippen LogP contribution < -0.4 is 10.6 Å². The molecule has 0 unspecified atom stereocenters. The number of urea groups is 1. The molecule has 0 aliphatic carbocycles. The van der Waals surface area contributed by atoms with E-state index in [-0.39, 0.29) is 31.3 Å². The SMILES string of the molecule is COC(=O)[C@H](Cc1ccccc1)NC(=O)NCc1ccccc1-c1ccc([C@H]2O[C@@H](Cn3cnc4ccccc43)[C@@H](C)[C@@H](c3ccc(CO)cc3)O2)cc1. The smallest absolute Gasteiger partial charge is 0.328 e. The number of hydrogen-bond acceptors (Lipinski definition) is 7. The normalized spacial score (nSPS) is 18.9. The van der Waals surface area contributed by atoms with Crippen molar-refractivity contribution < 1.29 is 28.9 Å². The van der Waals surface area contributed by atoms with Gasteiger partial charge in [-0.3, -0.25) is 0 Å². The second-order valence-corrected chi connectivity index (χ2v) is 13.6. The highest BCUT2D eigenvalue weighted by Crippen LogP contribution is 2.42. The van der Waals surface area contributed by atoms with Gasteiger partial charge in [0.2, 0.25) is 0 Å². The number of amides is 2. The van der Waals surface area contributed by atoms with Crippen LogP contribution in [0.3, 0.4) is 0 Å². The van der Waals surface area contributed by atoms with E-state index in [0.717, 1.165) is 50.0 Å². The average molecular weight is 725 g/mol. The first kappa shape index (κ1) is 36.5. The number of fused-ring (bicyclic) bond motifs is 1. The van der Waals surface area contributed by atoms with Crippen molar-refractivity contribution in [3.63, 3.8) is 0 Å². The van der Waals surface area contributed by atoms with Gasteiger partial charge in [0.05, 0.1) is 49.8 Å². The van der Waals surface area contributed by atoms with Gasteiger partial charge in [0.1, 0.15) is 6.04 Å². The highest BCUT2D eigenvalue weighted by atomic mass is 16.7. The fourth-order valence-electron chi connectivity index (χ4n) is 7.02. The van der Waals surface area contributed by atoms with Crippen LogP contribution in [0, 0.1) is 5.92 Å². The Labute approximate surface area is 314 Å². The number of aromatic nitrogens is 2. The fourth-order valence-corrected chi connectivity index (χ4v) is 7.02.